The molecule has 0 aliphatic heterocycles. The van der Waals surface area contributed by atoms with Crippen molar-refractivity contribution in [2.24, 2.45) is 0 Å². The number of rotatable bonds is 7. The lowest BCUT2D eigenvalue weighted by Gasteiger charge is -2.23. The molecule has 7 nitrogen and oxygen atoms in total. The lowest BCUT2D eigenvalue weighted by Crippen LogP contribution is -2.30. The predicted octanol–water partition coefficient (Wildman–Crippen LogP) is 4.73. The van der Waals surface area contributed by atoms with Crippen molar-refractivity contribution in [3.63, 3.8) is 0 Å². The molecule has 31 heavy (non-hydrogen) atoms. The van der Waals surface area contributed by atoms with E-state index in [9.17, 15) is 13.2 Å². The largest absolute Gasteiger partial charge is 0.296 e. The first-order valence-electron chi connectivity index (χ1n) is 9.34. The Morgan fingerprint density at radius 3 is 2.58 bits per heavy atom. The van der Waals surface area contributed by atoms with E-state index >= 15 is 0 Å². The molecule has 2 aromatic carbocycles. The Balaban J connectivity index is 1.57. The van der Waals surface area contributed by atoms with Gasteiger partial charge in [-0.25, -0.2) is 8.42 Å². The highest BCUT2D eigenvalue weighted by molar-refractivity contribution is 7.92. The third kappa shape index (κ3) is 4.50. The van der Waals surface area contributed by atoms with Crippen molar-refractivity contribution in [2.75, 3.05) is 16.2 Å². The Hall–Kier alpha value is -3.08. The molecule has 0 bridgehead atoms. The van der Waals surface area contributed by atoms with Gasteiger partial charge in [0.1, 0.15) is 5.01 Å². The summed E-state index contributed by atoms with van der Waals surface area (Å²) < 4.78 is 27.7. The number of amides is 1. The Morgan fingerprint density at radius 1 is 1.06 bits per heavy atom. The minimum Gasteiger partial charge on any atom is -0.296 e. The summed E-state index contributed by atoms with van der Waals surface area (Å²) >= 11 is 2.81. The predicted molar refractivity (Wildman–Crippen MR) is 124 cm³/mol. The number of hydrogen-bond donors (Lipinski definition) is 1. The van der Waals surface area contributed by atoms with Gasteiger partial charge in [0.25, 0.3) is 15.9 Å². The van der Waals surface area contributed by atoms with Crippen LogP contribution in [0.3, 0.4) is 0 Å². The van der Waals surface area contributed by atoms with E-state index in [1.165, 1.54) is 27.8 Å². The second kappa shape index (κ2) is 8.96. The molecular weight excluding hydrogens is 452 g/mol. The van der Waals surface area contributed by atoms with E-state index in [-0.39, 0.29) is 17.0 Å². The molecule has 0 aliphatic carbocycles. The number of sulfonamides is 1. The van der Waals surface area contributed by atoms with Crippen molar-refractivity contribution in [3.05, 3.63) is 77.0 Å². The molecule has 4 rings (SSSR count). The van der Waals surface area contributed by atoms with Crippen LogP contribution in [0.15, 0.2) is 76.3 Å². The molecule has 10 heteroatoms. The van der Waals surface area contributed by atoms with Gasteiger partial charge in [0.15, 0.2) is 0 Å². The number of carbonyl (C=O) groups is 1. The summed E-state index contributed by atoms with van der Waals surface area (Å²) in [6, 6.07) is 16.8. The summed E-state index contributed by atoms with van der Waals surface area (Å²) in [5.74, 6) is -0.451. The molecule has 0 spiro atoms. The van der Waals surface area contributed by atoms with Crippen LogP contribution in [0.1, 0.15) is 17.3 Å². The van der Waals surface area contributed by atoms with Crippen LogP contribution in [0.2, 0.25) is 0 Å². The summed E-state index contributed by atoms with van der Waals surface area (Å²) in [6.07, 6.45) is 0. The van der Waals surface area contributed by atoms with E-state index in [2.05, 4.69) is 15.5 Å². The standard InChI is InChI=1S/C21H18N4O3S3/c1-2-25(17-8-4-3-5-9-17)31(27,28)18-10-6-7-15(13-18)19(26)22-21-24-23-20(30-21)16-11-12-29-14-16/h3-14H,2H2,1H3,(H,22,24,26). The molecule has 1 amide bonds. The smallest absolute Gasteiger partial charge is 0.264 e. The molecule has 2 aromatic heterocycles. The molecule has 0 aliphatic rings. The van der Waals surface area contributed by atoms with Crippen LogP contribution in [0.4, 0.5) is 10.8 Å². The number of para-hydroxylation sites is 1. The molecule has 1 N–H and O–H groups in total. The minimum atomic E-state index is -3.83. The summed E-state index contributed by atoms with van der Waals surface area (Å²) in [5.41, 5.74) is 1.73. The molecular formula is C21H18N4O3S3. The first-order chi connectivity index (χ1) is 15.0. The fourth-order valence-corrected chi connectivity index (χ4v) is 5.93. The first-order valence-corrected chi connectivity index (χ1v) is 12.5. The van der Waals surface area contributed by atoms with Crippen LogP contribution in [-0.2, 0) is 10.0 Å². The minimum absolute atomic E-state index is 0.0436. The fraction of sp³-hybridized carbons (Fsp3) is 0.0952. The van der Waals surface area contributed by atoms with Gasteiger partial charge < -0.3 is 0 Å². The van der Waals surface area contributed by atoms with Crippen LogP contribution in [0.25, 0.3) is 10.6 Å². The normalized spacial score (nSPS) is 11.3. The van der Waals surface area contributed by atoms with Gasteiger partial charge in [-0.2, -0.15) is 11.3 Å². The Labute approximate surface area is 188 Å². The first kappa shape index (κ1) is 21.2. The Kier molecular flexibility index (Phi) is 6.12. The van der Waals surface area contributed by atoms with Gasteiger partial charge in [0, 0.05) is 23.1 Å². The van der Waals surface area contributed by atoms with Crippen LogP contribution in [0, 0.1) is 0 Å². The molecule has 2 heterocycles. The average Bonchev–Trinajstić information content (AvgIpc) is 3.47. The maximum atomic E-state index is 13.2. The molecule has 0 saturated carbocycles. The highest BCUT2D eigenvalue weighted by atomic mass is 32.2. The van der Waals surface area contributed by atoms with Crippen LogP contribution < -0.4 is 9.62 Å². The van der Waals surface area contributed by atoms with Gasteiger partial charge >= 0.3 is 0 Å². The van der Waals surface area contributed by atoms with Crippen molar-refractivity contribution in [1.29, 1.82) is 0 Å². The van der Waals surface area contributed by atoms with Crippen LogP contribution in [0.5, 0.6) is 0 Å². The zero-order chi connectivity index (χ0) is 21.8. The quantitative estimate of drug-likeness (QED) is 0.421. The Bertz CT molecular complexity index is 1290. The van der Waals surface area contributed by atoms with E-state index in [1.807, 2.05) is 22.9 Å². The van der Waals surface area contributed by atoms with Gasteiger partial charge in [0.05, 0.1) is 10.6 Å². The van der Waals surface area contributed by atoms with E-state index < -0.39 is 15.9 Å². The number of benzene rings is 2. The van der Waals surface area contributed by atoms with Crippen molar-refractivity contribution in [1.82, 2.24) is 10.2 Å². The lowest BCUT2D eigenvalue weighted by molar-refractivity contribution is 0.102. The molecule has 0 fully saturated rings. The molecule has 4 aromatic rings. The van der Waals surface area contributed by atoms with Gasteiger partial charge in [-0.05, 0) is 48.7 Å². The number of anilines is 2. The van der Waals surface area contributed by atoms with E-state index in [1.54, 1.807) is 54.7 Å². The summed E-state index contributed by atoms with van der Waals surface area (Å²) in [7, 11) is -3.83. The van der Waals surface area contributed by atoms with Crippen molar-refractivity contribution in [3.8, 4) is 10.6 Å². The molecule has 0 atom stereocenters. The number of nitrogens with one attached hydrogen (secondary N) is 1. The molecule has 0 saturated heterocycles. The highest BCUT2D eigenvalue weighted by Gasteiger charge is 2.24. The number of nitrogens with zero attached hydrogens (tertiary/aromatic N) is 3. The monoisotopic (exact) mass is 470 g/mol. The topological polar surface area (TPSA) is 92.3 Å². The van der Waals surface area contributed by atoms with Crippen molar-refractivity contribution >= 4 is 49.4 Å². The Morgan fingerprint density at radius 2 is 1.87 bits per heavy atom. The third-order valence-electron chi connectivity index (χ3n) is 4.43. The second-order valence-electron chi connectivity index (χ2n) is 6.41. The lowest BCUT2D eigenvalue weighted by atomic mass is 10.2. The maximum absolute atomic E-state index is 13.2. The zero-order valence-corrected chi connectivity index (χ0v) is 18.9. The average molecular weight is 471 g/mol. The van der Waals surface area contributed by atoms with Gasteiger partial charge in [-0.3, -0.25) is 14.4 Å². The highest BCUT2D eigenvalue weighted by Crippen LogP contribution is 2.28. The van der Waals surface area contributed by atoms with Crippen LogP contribution >= 0.6 is 22.7 Å². The van der Waals surface area contributed by atoms with Gasteiger partial charge in [0.2, 0.25) is 5.13 Å². The fourth-order valence-electron chi connectivity index (χ4n) is 2.96. The zero-order valence-electron chi connectivity index (χ0n) is 16.4. The number of aromatic nitrogens is 2. The molecule has 0 radical (unpaired) electrons. The molecule has 158 valence electrons. The van der Waals surface area contributed by atoms with Gasteiger partial charge in [-0.15, -0.1) is 10.2 Å². The SMILES string of the molecule is CCN(c1ccccc1)S(=O)(=O)c1cccc(C(=O)Nc2nnc(-c3ccsc3)s2)c1. The molecule has 0 unspecified atom stereocenters. The van der Waals surface area contributed by atoms with E-state index in [4.69, 9.17) is 0 Å². The third-order valence-corrected chi connectivity index (χ3v) is 7.90. The number of hydrogen-bond acceptors (Lipinski definition) is 7. The van der Waals surface area contributed by atoms with Crippen molar-refractivity contribution < 1.29 is 13.2 Å². The van der Waals surface area contributed by atoms with Gasteiger partial charge in [-0.1, -0.05) is 35.6 Å². The number of carbonyl (C=O) groups excluding carboxylic acids is 1. The van der Waals surface area contributed by atoms with E-state index in [0.29, 0.717) is 15.8 Å². The van der Waals surface area contributed by atoms with Crippen LogP contribution in [-0.4, -0.2) is 31.1 Å². The maximum Gasteiger partial charge on any atom is 0.264 e. The second-order valence-corrected chi connectivity index (χ2v) is 10.0. The number of thiophene rings is 1. The summed E-state index contributed by atoms with van der Waals surface area (Å²) in [6.45, 7) is 2.03. The van der Waals surface area contributed by atoms with Crippen molar-refractivity contribution in [2.45, 2.75) is 11.8 Å². The van der Waals surface area contributed by atoms with E-state index in [0.717, 1.165) is 5.56 Å². The summed E-state index contributed by atoms with van der Waals surface area (Å²) in [5, 5.41) is 15.7. The summed E-state index contributed by atoms with van der Waals surface area (Å²) in [4.78, 5) is 12.8.